The third-order valence-corrected chi connectivity index (χ3v) is 2.47. The lowest BCUT2D eigenvalue weighted by molar-refractivity contribution is -0.115. The molecule has 0 atom stereocenters. The van der Waals surface area contributed by atoms with Crippen LogP contribution in [0.15, 0.2) is 36.0 Å². The monoisotopic (exact) mass is 203 g/mol. The van der Waals surface area contributed by atoms with Crippen LogP contribution in [-0.2, 0) is 4.79 Å². The Morgan fingerprint density at radius 1 is 1.40 bits per heavy atom. The van der Waals surface area contributed by atoms with Crippen LogP contribution < -0.4 is 16.0 Å². The fourth-order valence-corrected chi connectivity index (χ4v) is 1.59. The second-order valence-corrected chi connectivity index (χ2v) is 3.47. The molecule has 0 spiro atoms. The maximum atomic E-state index is 11.0. The fraction of sp³-hybridized carbons (Fsp3) is 0.182. The van der Waals surface area contributed by atoms with Gasteiger partial charge < -0.3 is 16.0 Å². The SMILES string of the molecule is CN(C1=CC(=O)NC1)c1ccccc1N. The Bertz CT molecular complexity index is 426. The fourth-order valence-electron chi connectivity index (χ4n) is 1.59. The van der Waals surface area contributed by atoms with Gasteiger partial charge in [0.15, 0.2) is 0 Å². The van der Waals surface area contributed by atoms with Crippen LogP contribution in [0.25, 0.3) is 0 Å². The van der Waals surface area contributed by atoms with E-state index >= 15 is 0 Å². The van der Waals surface area contributed by atoms with Gasteiger partial charge in [-0.3, -0.25) is 4.79 Å². The zero-order chi connectivity index (χ0) is 10.8. The summed E-state index contributed by atoms with van der Waals surface area (Å²) in [5.74, 6) is -0.0497. The summed E-state index contributed by atoms with van der Waals surface area (Å²) in [7, 11) is 1.90. The smallest absolute Gasteiger partial charge is 0.246 e. The van der Waals surface area contributed by atoms with E-state index in [-0.39, 0.29) is 5.91 Å². The molecule has 1 aromatic carbocycles. The molecule has 4 nitrogen and oxygen atoms in total. The van der Waals surface area contributed by atoms with E-state index < -0.39 is 0 Å². The maximum absolute atomic E-state index is 11.0. The van der Waals surface area contributed by atoms with E-state index in [1.807, 2.05) is 36.2 Å². The lowest BCUT2D eigenvalue weighted by atomic mass is 10.2. The number of hydrogen-bond donors (Lipinski definition) is 2. The predicted octanol–water partition coefficient (Wildman–Crippen LogP) is 0.719. The van der Waals surface area contributed by atoms with Crippen molar-refractivity contribution in [2.45, 2.75) is 0 Å². The van der Waals surface area contributed by atoms with Crippen molar-refractivity contribution >= 4 is 17.3 Å². The number of nitrogens with one attached hydrogen (secondary N) is 1. The summed E-state index contributed by atoms with van der Waals surface area (Å²) in [6.07, 6.45) is 1.59. The molecule has 4 heteroatoms. The summed E-state index contributed by atoms with van der Waals surface area (Å²) < 4.78 is 0. The third-order valence-electron chi connectivity index (χ3n) is 2.47. The van der Waals surface area contributed by atoms with Gasteiger partial charge in [0.25, 0.3) is 0 Å². The van der Waals surface area contributed by atoms with Gasteiger partial charge >= 0.3 is 0 Å². The number of amides is 1. The number of hydrogen-bond acceptors (Lipinski definition) is 3. The van der Waals surface area contributed by atoms with Gasteiger partial charge in [0.05, 0.1) is 17.9 Å². The van der Waals surface area contributed by atoms with E-state index in [2.05, 4.69) is 5.32 Å². The number of carbonyl (C=O) groups excluding carboxylic acids is 1. The molecule has 78 valence electrons. The van der Waals surface area contributed by atoms with Crippen molar-refractivity contribution in [2.24, 2.45) is 0 Å². The van der Waals surface area contributed by atoms with Gasteiger partial charge in [-0.15, -0.1) is 0 Å². The molecule has 0 radical (unpaired) electrons. The summed E-state index contributed by atoms with van der Waals surface area (Å²) in [6.45, 7) is 0.559. The molecule has 0 aliphatic carbocycles. The highest BCUT2D eigenvalue weighted by Crippen LogP contribution is 2.24. The molecule has 0 fully saturated rings. The van der Waals surface area contributed by atoms with Gasteiger partial charge in [0.2, 0.25) is 5.91 Å². The first-order valence-corrected chi connectivity index (χ1v) is 4.75. The molecule has 1 aromatic rings. The number of rotatable bonds is 2. The molecule has 0 unspecified atom stereocenters. The molecule has 1 aliphatic heterocycles. The summed E-state index contributed by atoms with van der Waals surface area (Å²) in [5.41, 5.74) is 8.40. The molecule has 0 aromatic heterocycles. The summed E-state index contributed by atoms with van der Waals surface area (Å²) in [5, 5.41) is 2.73. The van der Waals surface area contributed by atoms with Crippen molar-refractivity contribution < 1.29 is 4.79 Å². The summed E-state index contributed by atoms with van der Waals surface area (Å²) in [4.78, 5) is 13.0. The van der Waals surface area contributed by atoms with Crippen LogP contribution in [0, 0.1) is 0 Å². The molecule has 0 saturated carbocycles. The first-order valence-electron chi connectivity index (χ1n) is 4.75. The molecule has 1 heterocycles. The van der Waals surface area contributed by atoms with E-state index in [4.69, 9.17) is 5.73 Å². The molecule has 15 heavy (non-hydrogen) atoms. The maximum Gasteiger partial charge on any atom is 0.246 e. The molecular formula is C11H13N3O. The predicted molar refractivity (Wildman–Crippen MR) is 60.4 cm³/mol. The lowest BCUT2D eigenvalue weighted by Crippen LogP contribution is -2.22. The van der Waals surface area contributed by atoms with Gasteiger partial charge in [-0.1, -0.05) is 12.1 Å². The molecule has 0 bridgehead atoms. The Morgan fingerprint density at radius 3 is 2.73 bits per heavy atom. The van der Waals surface area contributed by atoms with Crippen LogP contribution in [0.2, 0.25) is 0 Å². The number of anilines is 2. The van der Waals surface area contributed by atoms with Crippen molar-refractivity contribution in [3.8, 4) is 0 Å². The second kappa shape index (κ2) is 3.65. The highest BCUT2D eigenvalue weighted by atomic mass is 16.1. The van der Waals surface area contributed by atoms with Gasteiger partial charge in [-0.2, -0.15) is 0 Å². The zero-order valence-corrected chi connectivity index (χ0v) is 8.53. The molecule has 2 rings (SSSR count). The highest BCUT2D eigenvalue weighted by molar-refractivity contribution is 5.92. The first-order chi connectivity index (χ1) is 7.18. The number of nitrogens with zero attached hydrogens (tertiary/aromatic N) is 1. The van der Waals surface area contributed by atoms with Crippen LogP contribution >= 0.6 is 0 Å². The summed E-state index contributed by atoms with van der Waals surface area (Å²) in [6, 6.07) is 7.58. The number of nitrogen functional groups attached to an aromatic ring is 1. The normalized spacial score (nSPS) is 14.7. The second-order valence-electron chi connectivity index (χ2n) is 3.47. The molecule has 3 N–H and O–H groups in total. The van der Waals surface area contributed by atoms with Crippen LogP contribution in [0.3, 0.4) is 0 Å². The quantitative estimate of drug-likeness (QED) is 0.696. The number of para-hydroxylation sites is 2. The molecule has 1 amide bonds. The Labute approximate surface area is 88.4 Å². The van der Waals surface area contributed by atoms with Crippen molar-refractivity contribution in [2.75, 3.05) is 24.2 Å². The average Bonchev–Trinajstić information content (AvgIpc) is 2.65. The lowest BCUT2D eigenvalue weighted by Gasteiger charge is -2.21. The minimum Gasteiger partial charge on any atom is -0.397 e. The minimum absolute atomic E-state index is 0.0497. The number of carbonyl (C=O) groups is 1. The van der Waals surface area contributed by atoms with Gasteiger partial charge in [0.1, 0.15) is 0 Å². The number of benzene rings is 1. The van der Waals surface area contributed by atoms with Crippen molar-refractivity contribution in [1.82, 2.24) is 5.32 Å². The van der Waals surface area contributed by atoms with Crippen molar-refractivity contribution in [3.63, 3.8) is 0 Å². The van der Waals surface area contributed by atoms with Crippen molar-refractivity contribution in [1.29, 1.82) is 0 Å². The Balaban J connectivity index is 2.29. The Kier molecular flexibility index (Phi) is 2.33. The third kappa shape index (κ3) is 1.79. The number of nitrogens with two attached hydrogens (primary N) is 1. The summed E-state index contributed by atoms with van der Waals surface area (Å²) >= 11 is 0. The minimum atomic E-state index is -0.0497. The van der Waals surface area contributed by atoms with Crippen LogP contribution in [-0.4, -0.2) is 19.5 Å². The Morgan fingerprint density at radius 2 is 2.13 bits per heavy atom. The van der Waals surface area contributed by atoms with Gasteiger partial charge in [-0.05, 0) is 12.1 Å². The molecule has 1 aliphatic rings. The largest absolute Gasteiger partial charge is 0.397 e. The standard InChI is InChI=1S/C11H13N3O/c1-14(8-6-11(15)13-7-8)10-5-3-2-4-9(10)12/h2-6H,7,12H2,1H3,(H,13,15). The van der Waals surface area contributed by atoms with E-state index in [9.17, 15) is 4.79 Å². The topological polar surface area (TPSA) is 58.4 Å². The van der Waals surface area contributed by atoms with E-state index in [0.29, 0.717) is 12.2 Å². The first kappa shape index (κ1) is 9.58. The molecule has 0 saturated heterocycles. The zero-order valence-electron chi connectivity index (χ0n) is 8.53. The van der Waals surface area contributed by atoms with Crippen LogP contribution in [0.4, 0.5) is 11.4 Å². The van der Waals surface area contributed by atoms with E-state index in [1.54, 1.807) is 6.08 Å². The number of likely N-dealkylation sites (N-methyl/N-ethyl adjacent to an activating group) is 1. The van der Waals surface area contributed by atoms with Gasteiger partial charge in [-0.25, -0.2) is 0 Å². The Hall–Kier alpha value is -1.97. The van der Waals surface area contributed by atoms with Crippen LogP contribution in [0.5, 0.6) is 0 Å². The van der Waals surface area contributed by atoms with Crippen LogP contribution in [0.1, 0.15) is 0 Å². The molecular weight excluding hydrogens is 190 g/mol. The average molecular weight is 203 g/mol. The van der Waals surface area contributed by atoms with E-state index in [0.717, 1.165) is 11.4 Å². The van der Waals surface area contributed by atoms with Crippen molar-refractivity contribution in [3.05, 3.63) is 36.0 Å². The highest BCUT2D eigenvalue weighted by Gasteiger charge is 2.16. The van der Waals surface area contributed by atoms with Gasteiger partial charge in [0, 0.05) is 18.8 Å². The van der Waals surface area contributed by atoms with E-state index in [1.165, 1.54) is 0 Å².